The van der Waals surface area contributed by atoms with Crippen LogP contribution in [-0.2, 0) is 0 Å². The molecule has 0 radical (unpaired) electrons. The highest BCUT2D eigenvalue weighted by Gasteiger charge is 2.13. The summed E-state index contributed by atoms with van der Waals surface area (Å²) in [4.78, 5) is 0. The van der Waals surface area contributed by atoms with Crippen LogP contribution in [0.2, 0.25) is 0 Å². The van der Waals surface area contributed by atoms with E-state index in [1.165, 1.54) is 12.1 Å². The highest BCUT2D eigenvalue weighted by Crippen LogP contribution is 2.22. The summed E-state index contributed by atoms with van der Waals surface area (Å²) in [5.41, 5.74) is 0.367. The Morgan fingerprint density at radius 1 is 1.15 bits per heavy atom. The maximum absolute atomic E-state index is 13.1. The van der Waals surface area contributed by atoms with Crippen molar-refractivity contribution in [2.24, 2.45) is 0 Å². The first-order valence-electron chi connectivity index (χ1n) is 3.76. The van der Waals surface area contributed by atoms with E-state index < -0.39 is 11.6 Å². The average Bonchev–Trinajstić information content (AvgIpc) is 2.10. The van der Waals surface area contributed by atoms with Crippen molar-refractivity contribution in [3.05, 3.63) is 35.4 Å². The smallest absolute Gasteiger partial charge is 0.129 e. The van der Waals surface area contributed by atoms with E-state index in [2.05, 4.69) is 0 Å². The molecule has 13 heavy (non-hydrogen) atoms. The Hall–Kier alpha value is -0.340. The molecule has 0 heterocycles. The highest BCUT2D eigenvalue weighted by molar-refractivity contribution is 6.21. The average molecular weight is 225 g/mol. The van der Waals surface area contributed by atoms with Crippen molar-refractivity contribution in [1.82, 2.24) is 0 Å². The van der Waals surface area contributed by atoms with Crippen molar-refractivity contribution in [2.45, 2.75) is 5.92 Å². The SMILES string of the molecule is Fc1ccc(C(CCl)CCl)c(F)c1. The van der Waals surface area contributed by atoms with Crippen LogP contribution in [0.25, 0.3) is 0 Å². The number of alkyl halides is 2. The summed E-state index contributed by atoms with van der Waals surface area (Å²) in [5.74, 6) is -0.989. The third kappa shape index (κ3) is 2.55. The second-order valence-electron chi connectivity index (χ2n) is 2.67. The first kappa shape index (κ1) is 10.7. The van der Waals surface area contributed by atoms with Gasteiger partial charge in [0.05, 0.1) is 0 Å². The van der Waals surface area contributed by atoms with E-state index in [0.717, 1.165) is 6.07 Å². The molecule has 0 fully saturated rings. The quantitative estimate of drug-likeness (QED) is 0.690. The Labute approximate surface area is 85.5 Å². The molecule has 0 N–H and O–H groups in total. The van der Waals surface area contributed by atoms with E-state index in [4.69, 9.17) is 23.2 Å². The fourth-order valence-corrected chi connectivity index (χ4v) is 1.70. The first-order chi connectivity index (χ1) is 6.19. The molecule has 0 aromatic heterocycles. The summed E-state index contributed by atoms with van der Waals surface area (Å²) in [7, 11) is 0. The fourth-order valence-electron chi connectivity index (χ4n) is 1.04. The van der Waals surface area contributed by atoms with Crippen molar-refractivity contribution in [1.29, 1.82) is 0 Å². The number of rotatable bonds is 3. The van der Waals surface area contributed by atoms with Crippen LogP contribution in [0.5, 0.6) is 0 Å². The molecule has 72 valence electrons. The van der Waals surface area contributed by atoms with Crippen molar-refractivity contribution >= 4 is 23.2 Å². The van der Waals surface area contributed by atoms with Crippen molar-refractivity contribution < 1.29 is 8.78 Å². The number of benzene rings is 1. The zero-order chi connectivity index (χ0) is 9.84. The Morgan fingerprint density at radius 2 is 1.77 bits per heavy atom. The molecule has 0 spiro atoms. The maximum atomic E-state index is 13.1. The highest BCUT2D eigenvalue weighted by atomic mass is 35.5. The lowest BCUT2D eigenvalue weighted by molar-refractivity contribution is 0.566. The van der Waals surface area contributed by atoms with E-state index in [1.807, 2.05) is 0 Å². The second-order valence-corrected chi connectivity index (χ2v) is 3.29. The van der Waals surface area contributed by atoms with Gasteiger partial charge in [-0.2, -0.15) is 0 Å². The van der Waals surface area contributed by atoms with Gasteiger partial charge < -0.3 is 0 Å². The minimum atomic E-state index is -0.593. The van der Waals surface area contributed by atoms with Crippen molar-refractivity contribution in [3.63, 3.8) is 0 Å². The normalized spacial score (nSPS) is 10.8. The maximum Gasteiger partial charge on any atom is 0.129 e. The predicted octanol–water partition coefficient (Wildman–Crippen LogP) is 3.53. The number of halogens is 4. The minimum Gasteiger partial charge on any atom is -0.207 e. The summed E-state index contributed by atoms with van der Waals surface area (Å²) in [6.07, 6.45) is 0. The van der Waals surface area contributed by atoms with Crippen LogP contribution in [-0.4, -0.2) is 11.8 Å². The zero-order valence-electron chi connectivity index (χ0n) is 6.74. The van der Waals surface area contributed by atoms with Crippen LogP contribution in [0.1, 0.15) is 11.5 Å². The van der Waals surface area contributed by atoms with Gasteiger partial charge in [0.25, 0.3) is 0 Å². The van der Waals surface area contributed by atoms with Crippen molar-refractivity contribution in [3.8, 4) is 0 Å². The third-order valence-corrected chi connectivity index (χ3v) is 2.52. The summed E-state index contributed by atoms with van der Waals surface area (Å²) in [5, 5.41) is 0. The largest absolute Gasteiger partial charge is 0.207 e. The molecule has 0 nitrogen and oxygen atoms in total. The van der Waals surface area contributed by atoms with E-state index >= 15 is 0 Å². The topological polar surface area (TPSA) is 0 Å². The van der Waals surface area contributed by atoms with E-state index in [0.29, 0.717) is 5.56 Å². The van der Waals surface area contributed by atoms with Crippen LogP contribution < -0.4 is 0 Å². The Balaban J connectivity index is 2.99. The minimum absolute atomic E-state index is 0.228. The summed E-state index contributed by atoms with van der Waals surface area (Å²) in [6, 6.07) is 3.41. The van der Waals surface area contributed by atoms with Crippen LogP contribution in [0.3, 0.4) is 0 Å². The number of hydrogen-bond acceptors (Lipinski definition) is 0. The molecule has 4 heteroatoms. The second kappa shape index (κ2) is 4.77. The third-order valence-electron chi connectivity index (χ3n) is 1.77. The molecular weight excluding hydrogens is 217 g/mol. The molecule has 0 unspecified atom stereocenters. The number of hydrogen-bond donors (Lipinski definition) is 0. The van der Waals surface area contributed by atoms with Gasteiger partial charge >= 0.3 is 0 Å². The molecule has 0 saturated carbocycles. The molecule has 0 amide bonds. The van der Waals surface area contributed by atoms with Gasteiger partial charge in [0.2, 0.25) is 0 Å². The Kier molecular flexibility index (Phi) is 3.94. The molecule has 1 rings (SSSR count). The Bertz CT molecular complexity index is 285. The van der Waals surface area contributed by atoms with Crippen LogP contribution >= 0.6 is 23.2 Å². The molecule has 1 aromatic carbocycles. The van der Waals surface area contributed by atoms with Gasteiger partial charge in [0.15, 0.2) is 0 Å². The van der Waals surface area contributed by atoms with E-state index in [9.17, 15) is 8.78 Å². The monoisotopic (exact) mass is 224 g/mol. The predicted molar refractivity (Wildman–Crippen MR) is 50.5 cm³/mol. The van der Waals surface area contributed by atoms with E-state index in [1.54, 1.807) is 0 Å². The van der Waals surface area contributed by atoms with Crippen LogP contribution in [0.15, 0.2) is 18.2 Å². The lowest BCUT2D eigenvalue weighted by Crippen LogP contribution is -2.05. The molecule has 0 aliphatic rings. The van der Waals surface area contributed by atoms with Gasteiger partial charge in [-0.25, -0.2) is 8.78 Å². The van der Waals surface area contributed by atoms with E-state index in [-0.39, 0.29) is 17.7 Å². The molecule has 0 bridgehead atoms. The standard InChI is InChI=1S/C9H8Cl2F2/c10-4-6(5-11)8-2-1-7(12)3-9(8)13/h1-3,6H,4-5H2. The lowest BCUT2D eigenvalue weighted by atomic mass is 10.0. The van der Waals surface area contributed by atoms with Gasteiger partial charge in [0, 0.05) is 23.7 Å². The summed E-state index contributed by atoms with van der Waals surface area (Å²) < 4.78 is 25.6. The molecule has 1 aromatic rings. The molecule has 0 aliphatic carbocycles. The molecular formula is C9H8Cl2F2. The molecule has 0 aliphatic heterocycles. The molecule has 0 atom stereocenters. The van der Waals surface area contributed by atoms with Gasteiger partial charge in [-0.15, -0.1) is 23.2 Å². The molecule has 0 saturated heterocycles. The van der Waals surface area contributed by atoms with Gasteiger partial charge in [0.1, 0.15) is 11.6 Å². The summed E-state index contributed by atoms with van der Waals surface area (Å²) >= 11 is 11.1. The van der Waals surface area contributed by atoms with Crippen LogP contribution in [0, 0.1) is 11.6 Å². The van der Waals surface area contributed by atoms with Gasteiger partial charge in [-0.3, -0.25) is 0 Å². The Morgan fingerprint density at radius 3 is 2.23 bits per heavy atom. The van der Waals surface area contributed by atoms with Crippen molar-refractivity contribution in [2.75, 3.05) is 11.8 Å². The lowest BCUT2D eigenvalue weighted by Gasteiger charge is -2.11. The first-order valence-corrected chi connectivity index (χ1v) is 4.82. The van der Waals surface area contributed by atoms with Crippen LogP contribution in [0.4, 0.5) is 8.78 Å². The van der Waals surface area contributed by atoms with Gasteiger partial charge in [-0.05, 0) is 11.6 Å². The van der Waals surface area contributed by atoms with Gasteiger partial charge in [-0.1, -0.05) is 6.07 Å². The fraction of sp³-hybridized carbons (Fsp3) is 0.333. The zero-order valence-corrected chi connectivity index (χ0v) is 8.25. The summed E-state index contributed by atoms with van der Waals surface area (Å²) in [6.45, 7) is 0.